The number of halogens is 1. The first-order valence-electron chi connectivity index (χ1n) is 13.5. The summed E-state index contributed by atoms with van der Waals surface area (Å²) in [6, 6.07) is 3.42. The highest BCUT2D eigenvalue weighted by Gasteiger charge is 2.77. The third-order valence-corrected chi connectivity index (χ3v) is 12.2. The topological polar surface area (TPSA) is 22.1 Å². The van der Waals surface area contributed by atoms with Crippen molar-refractivity contribution in [3.63, 3.8) is 0 Å². The molecule has 1 unspecified atom stereocenters. The molecule has 1 spiro atoms. The Morgan fingerprint density at radius 1 is 1.12 bits per heavy atom. The van der Waals surface area contributed by atoms with Crippen molar-refractivity contribution in [1.82, 2.24) is 4.98 Å². The Labute approximate surface area is 194 Å². The normalized spacial score (nSPS) is 49.7. The Bertz CT molecular complexity index is 870. The standard InChI is InChI=1S/C29H42FNO/c1-18(5-7-21-8-6-20(30)17-31-21)23-9-10-24-22-15-26(32-4)29-16-19(29)11-14-28(29,3)25(22)12-13-27(23,24)2/h6,8,17-19,22-26H,5,7,9-16H2,1-4H3/t18-,19-,22+,23-,24+,25+,26-,27-,28-,29?/m1/s1. The third-order valence-electron chi connectivity index (χ3n) is 12.2. The quantitative estimate of drug-likeness (QED) is 0.489. The number of fused-ring (bicyclic) bond motifs is 4. The monoisotopic (exact) mass is 439 g/mol. The van der Waals surface area contributed by atoms with Gasteiger partial charge >= 0.3 is 0 Å². The maximum atomic E-state index is 13.2. The van der Waals surface area contributed by atoms with Gasteiger partial charge in [0.15, 0.2) is 0 Å². The van der Waals surface area contributed by atoms with Gasteiger partial charge in [0.25, 0.3) is 0 Å². The smallest absolute Gasteiger partial charge is 0.141 e. The van der Waals surface area contributed by atoms with Crippen LogP contribution in [0.3, 0.4) is 0 Å². The fourth-order valence-corrected chi connectivity index (χ4v) is 10.7. The van der Waals surface area contributed by atoms with Crippen molar-refractivity contribution in [2.75, 3.05) is 7.11 Å². The predicted octanol–water partition coefficient (Wildman–Crippen LogP) is 7.07. The molecule has 0 aliphatic heterocycles. The first-order valence-corrected chi connectivity index (χ1v) is 13.5. The maximum Gasteiger partial charge on any atom is 0.141 e. The van der Waals surface area contributed by atoms with E-state index in [9.17, 15) is 4.39 Å². The van der Waals surface area contributed by atoms with Gasteiger partial charge in [-0.05, 0) is 123 Å². The molecule has 0 aromatic carbocycles. The van der Waals surface area contributed by atoms with E-state index in [4.69, 9.17) is 4.74 Å². The number of nitrogens with zero attached hydrogens (tertiary/aromatic N) is 1. The van der Waals surface area contributed by atoms with Crippen LogP contribution in [0.5, 0.6) is 0 Å². The number of ether oxygens (including phenoxy) is 1. The molecule has 0 bridgehead atoms. The molecule has 0 radical (unpaired) electrons. The molecule has 5 aliphatic rings. The van der Waals surface area contributed by atoms with Gasteiger partial charge in [-0.3, -0.25) is 4.98 Å². The molecular formula is C29H42FNO. The second-order valence-corrected chi connectivity index (χ2v) is 12.9. The van der Waals surface area contributed by atoms with Gasteiger partial charge in [-0.25, -0.2) is 4.39 Å². The molecule has 0 saturated heterocycles. The molecule has 5 saturated carbocycles. The molecule has 1 aromatic rings. The molecule has 1 heterocycles. The number of rotatable bonds is 5. The first kappa shape index (κ1) is 21.6. The Morgan fingerprint density at radius 2 is 1.97 bits per heavy atom. The Hall–Kier alpha value is -0.960. The van der Waals surface area contributed by atoms with Crippen molar-refractivity contribution in [2.45, 2.75) is 91.1 Å². The molecule has 5 aliphatic carbocycles. The van der Waals surface area contributed by atoms with E-state index in [0.29, 0.717) is 28.3 Å². The van der Waals surface area contributed by atoms with Gasteiger partial charge in [0.05, 0.1) is 12.3 Å². The number of aryl methyl sites for hydroxylation is 1. The van der Waals surface area contributed by atoms with Crippen molar-refractivity contribution >= 4 is 0 Å². The van der Waals surface area contributed by atoms with E-state index >= 15 is 0 Å². The summed E-state index contributed by atoms with van der Waals surface area (Å²) in [5, 5.41) is 0. The van der Waals surface area contributed by atoms with Gasteiger partial charge in [-0.15, -0.1) is 0 Å². The lowest BCUT2D eigenvalue weighted by molar-refractivity contribution is -0.161. The number of aromatic nitrogens is 1. The number of hydrogen-bond acceptors (Lipinski definition) is 2. The lowest BCUT2D eigenvalue weighted by Gasteiger charge is -2.61. The summed E-state index contributed by atoms with van der Waals surface area (Å²) >= 11 is 0. The zero-order valence-electron chi connectivity index (χ0n) is 20.6. The molecule has 3 heteroatoms. The number of hydrogen-bond donors (Lipinski definition) is 0. The van der Waals surface area contributed by atoms with Crippen LogP contribution in [0.2, 0.25) is 0 Å². The second kappa shape index (κ2) is 7.27. The minimum Gasteiger partial charge on any atom is -0.381 e. The van der Waals surface area contributed by atoms with Crippen LogP contribution < -0.4 is 0 Å². The highest BCUT2D eigenvalue weighted by Crippen LogP contribution is 2.82. The fraction of sp³-hybridized carbons (Fsp3) is 0.828. The number of pyridine rings is 1. The Balaban J connectivity index is 1.20. The van der Waals surface area contributed by atoms with E-state index in [1.807, 2.05) is 13.2 Å². The molecule has 32 heavy (non-hydrogen) atoms. The SMILES string of the molecule is CO[C@@H]1C[C@H]2[C@@H]3CC[C@H]([C@H](C)CCc4ccc(F)cn4)[C@@]3(C)CC[C@@H]2[C@@]2(C)CC[C@@H]3CC312. The molecule has 1 aromatic heterocycles. The van der Waals surface area contributed by atoms with Crippen molar-refractivity contribution < 1.29 is 9.13 Å². The van der Waals surface area contributed by atoms with Crippen LogP contribution >= 0.6 is 0 Å². The van der Waals surface area contributed by atoms with E-state index in [1.54, 1.807) is 6.07 Å². The van der Waals surface area contributed by atoms with Gasteiger partial charge < -0.3 is 4.74 Å². The van der Waals surface area contributed by atoms with Crippen molar-refractivity contribution in [1.29, 1.82) is 0 Å². The van der Waals surface area contributed by atoms with Crippen LogP contribution in [0, 0.1) is 57.6 Å². The summed E-state index contributed by atoms with van der Waals surface area (Å²) in [7, 11) is 2.00. The van der Waals surface area contributed by atoms with Gasteiger partial charge in [-0.2, -0.15) is 0 Å². The van der Waals surface area contributed by atoms with E-state index in [-0.39, 0.29) is 5.82 Å². The molecule has 0 N–H and O–H groups in total. The average Bonchev–Trinajstić information content (AvgIpc) is 3.29. The fourth-order valence-electron chi connectivity index (χ4n) is 10.7. The molecule has 6 rings (SSSR count). The van der Waals surface area contributed by atoms with Gasteiger partial charge in [0.1, 0.15) is 5.82 Å². The van der Waals surface area contributed by atoms with Crippen molar-refractivity contribution in [2.24, 2.45) is 51.8 Å². The second-order valence-electron chi connectivity index (χ2n) is 12.9. The van der Waals surface area contributed by atoms with Crippen LogP contribution in [-0.4, -0.2) is 18.2 Å². The largest absolute Gasteiger partial charge is 0.381 e. The van der Waals surface area contributed by atoms with E-state index in [1.165, 1.54) is 64.0 Å². The van der Waals surface area contributed by atoms with E-state index in [0.717, 1.165) is 41.7 Å². The van der Waals surface area contributed by atoms with Crippen LogP contribution in [0.4, 0.5) is 4.39 Å². The highest BCUT2D eigenvalue weighted by molar-refractivity contribution is 5.26. The molecule has 176 valence electrons. The zero-order valence-corrected chi connectivity index (χ0v) is 20.6. The lowest BCUT2D eigenvalue weighted by Crippen LogP contribution is -2.57. The number of methoxy groups -OCH3 is 1. The summed E-state index contributed by atoms with van der Waals surface area (Å²) in [6.07, 6.45) is 15.4. The van der Waals surface area contributed by atoms with Crippen LogP contribution in [0.25, 0.3) is 0 Å². The Morgan fingerprint density at radius 3 is 2.69 bits per heavy atom. The van der Waals surface area contributed by atoms with Gasteiger partial charge in [0.2, 0.25) is 0 Å². The van der Waals surface area contributed by atoms with Crippen molar-refractivity contribution in [3.8, 4) is 0 Å². The predicted molar refractivity (Wildman–Crippen MR) is 126 cm³/mol. The highest BCUT2D eigenvalue weighted by atomic mass is 19.1. The molecule has 10 atom stereocenters. The third kappa shape index (κ3) is 2.75. The van der Waals surface area contributed by atoms with E-state index in [2.05, 4.69) is 25.8 Å². The van der Waals surface area contributed by atoms with Gasteiger partial charge in [-0.1, -0.05) is 20.8 Å². The molecule has 0 amide bonds. The summed E-state index contributed by atoms with van der Waals surface area (Å²) in [4.78, 5) is 4.31. The van der Waals surface area contributed by atoms with E-state index < -0.39 is 0 Å². The van der Waals surface area contributed by atoms with Gasteiger partial charge in [0, 0.05) is 18.2 Å². The minimum absolute atomic E-state index is 0.234. The summed E-state index contributed by atoms with van der Waals surface area (Å²) < 4.78 is 19.5. The van der Waals surface area contributed by atoms with Crippen LogP contribution in [-0.2, 0) is 11.2 Å². The van der Waals surface area contributed by atoms with Crippen molar-refractivity contribution in [3.05, 3.63) is 29.8 Å². The average molecular weight is 440 g/mol. The zero-order chi connectivity index (χ0) is 22.3. The van der Waals surface area contributed by atoms with Crippen LogP contribution in [0.1, 0.15) is 84.3 Å². The summed E-state index contributed by atoms with van der Waals surface area (Å²) in [6.45, 7) is 7.81. The Kier molecular flexibility index (Phi) is 4.90. The molecule has 2 nitrogen and oxygen atoms in total. The summed E-state index contributed by atoms with van der Waals surface area (Å²) in [5.41, 5.74) is 2.58. The molecular weight excluding hydrogens is 397 g/mol. The lowest BCUT2D eigenvalue weighted by atomic mass is 9.45. The molecule has 5 fully saturated rings. The summed E-state index contributed by atoms with van der Waals surface area (Å²) in [5.74, 6) is 4.92. The first-order chi connectivity index (χ1) is 15.3. The van der Waals surface area contributed by atoms with Crippen LogP contribution in [0.15, 0.2) is 18.3 Å². The maximum absolute atomic E-state index is 13.2. The minimum atomic E-state index is -0.234.